The summed E-state index contributed by atoms with van der Waals surface area (Å²) in [5.74, 6) is 0. The van der Waals surface area contributed by atoms with E-state index in [1.54, 1.807) is 6.20 Å². The van der Waals surface area contributed by atoms with Crippen LogP contribution in [-0.4, -0.2) is 22.0 Å². The van der Waals surface area contributed by atoms with Gasteiger partial charge in [0, 0.05) is 24.0 Å². The highest BCUT2D eigenvalue weighted by Gasteiger charge is 2.01. The average Bonchev–Trinajstić information content (AvgIpc) is 3.07. The highest BCUT2D eigenvalue weighted by molar-refractivity contribution is 5.64. The Morgan fingerprint density at radius 3 is 2.71 bits per heavy atom. The summed E-state index contributed by atoms with van der Waals surface area (Å²) in [6.45, 7) is 0.956. The van der Waals surface area contributed by atoms with Gasteiger partial charge in [0.2, 0.25) is 0 Å². The van der Waals surface area contributed by atoms with E-state index in [4.69, 9.17) is 0 Å². The number of hydrogen-bond acceptors (Lipinski definition) is 3. The van der Waals surface area contributed by atoms with Crippen LogP contribution in [0.2, 0.25) is 0 Å². The van der Waals surface area contributed by atoms with Crippen LogP contribution in [0.1, 0.15) is 12.0 Å². The largest absolute Gasteiger partial charge is 0.385 e. The molecule has 0 radical (unpaired) electrons. The van der Waals surface area contributed by atoms with Crippen molar-refractivity contribution >= 4 is 5.69 Å². The lowest BCUT2D eigenvalue weighted by molar-refractivity contribution is 0.863. The highest BCUT2D eigenvalue weighted by Crippen LogP contribution is 2.19. The predicted octanol–water partition coefficient (Wildman–Crippen LogP) is 3.52. The SMILES string of the molecule is c1ccc(CCCNc2cccc(-c3c[nH]nn3)c2)cc1. The first-order valence-electron chi connectivity index (χ1n) is 7.16. The molecule has 3 aromatic rings. The van der Waals surface area contributed by atoms with Crippen molar-refractivity contribution in [1.29, 1.82) is 0 Å². The number of nitrogens with zero attached hydrogens (tertiary/aromatic N) is 2. The summed E-state index contributed by atoms with van der Waals surface area (Å²) in [7, 11) is 0. The number of nitrogens with one attached hydrogen (secondary N) is 2. The van der Waals surface area contributed by atoms with Crippen molar-refractivity contribution < 1.29 is 0 Å². The fraction of sp³-hybridized carbons (Fsp3) is 0.176. The third-order valence-corrected chi connectivity index (χ3v) is 3.39. The van der Waals surface area contributed by atoms with E-state index in [1.807, 2.05) is 12.1 Å². The number of aryl methyl sites for hydroxylation is 1. The van der Waals surface area contributed by atoms with Gasteiger partial charge in [0.15, 0.2) is 0 Å². The van der Waals surface area contributed by atoms with Gasteiger partial charge >= 0.3 is 0 Å². The molecule has 0 atom stereocenters. The maximum absolute atomic E-state index is 4.03. The first-order valence-corrected chi connectivity index (χ1v) is 7.16. The van der Waals surface area contributed by atoms with Crippen LogP contribution in [0.3, 0.4) is 0 Å². The number of anilines is 1. The van der Waals surface area contributed by atoms with Crippen molar-refractivity contribution in [1.82, 2.24) is 15.4 Å². The summed E-state index contributed by atoms with van der Waals surface area (Å²) in [4.78, 5) is 0. The minimum atomic E-state index is 0.864. The number of aromatic amines is 1. The Balaban J connectivity index is 1.53. The molecule has 0 saturated heterocycles. The van der Waals surface area contributed by atoms with E-state index >= 15 is 0 Å². The van der Waals surface area contributed by atoms with Crippen LogP contribution in [0.25, 0.3) is 11.3 Å². The Morgan fingerprint density at radius 2 is 1.90 bits per heavy atom. The topological polar surface area (TPSA) is 53.6 Å². The van der Waals surface area contributed by atoms with Gasteiger partial charge < -0.3 is 5.32 Å². The summed E-state index contributed by atoms with van der Waals surface area (Å²) >= 11 is 0. The zero-order chi connectivity index (χ0) is 14.3. The number of hydrogen-bond donors (Lipinski definition) is 2. The standard InChI is InChI=1S/C17H18N4/c1-2-6-14(7-3-1)8-5-11-18-16-10-4-9-15(12-16)17-13-19-21-20-17/h1-4,6-7,9-10,12-13,18H,5,8,11H2,(H,19,20,21). The van der Waals surface area contributed by atoms with Crippen LogP contribution in [0.4, 0.5) is 5.69 Å². The van der Waals surface area contributed by atoms with Gasteiger partial charge in [0.25, 0.3) is 0 Å². The highest BCUT2D eigenvalue weighted by atomic mass is 15.3. The molecule has 0 aliphatic carbocycles. The molecule has 21 heavy (non-hydrogen) atoms. The molecule has 0 aliphatic heterocycles. The van der Waals surface area contributed by atoms with Gasteiger partial charge in [-0.15, -0.1) is 5.10 Å². The van der Waals surface area contributed by atoms with Crippen LogP contribution in [0.5, 0.6) is 0 Å². The Hall–Kier alpha value is -2.62. The van der Waals surface area contributed by atoms with Crippen LogP contribution in [0, 0.1) is 0 Å². The van der Waals surface area contributed by atoms with Gasteiger partial charge in [0.05, 0.1) is 0 Å². The summed E-state index contributed by atoms with van der Waals surface area (Å²) in [6, 6.07) is 18.8. The second kappa shape index (κ2) is 6.70. The van der Waals surface area contributed by atoms with E-state index in [1.165, 1.54) is 5.56 Å². The van der Waals surface area contributed by atoms with Gasteiger partial charge in [0.1, 0.15) is 5.69 Å². The van der Waals surface area contributed by atoms with Gasteiger partial charge in [-0.1, -0.05) is 47.7 Å². The zero-order valence-electron chi connectivity index (χ0n) is 11.8. The first kappa shape index (κ1) is 13.4. The zero-order valence-corrected chi connectivity index (χ0v) is 11.8. The Bertz CT molecular complexity index is 662. The molecular weight excluding hydrogens is 260 g/mol. The monoisotopic (exact) mass is 278 g/mol. The van der Waals surface area contributed by atoms with E-state index in [0.29, 0.717) is 0 Å². The lowest BCUT2D eigenvalue weighted by atomic mass is 10.1. The molecule has 106 valence electrons. The van der Waals surface area contributed by atoms with Crippen molar-refractivity contribution in [3.8, 4) is 11.3 Å². The first-order chi connectivity index (χ1) is 10.4. The molecule has 0 saturated carbocycles. The molecule has 2 aromatic carbocycles. The lowest BCUT2D eigenvalue weighted by Gasteiger charge is -2.07. The van der Waals surface area contributed by atoms with Crippen molar-refractivity contribution in [3.63, 3.8) is 0 Å². The molecule has 2 N–H and O–H groups in total. The smallest absolute Gasteiger partial charge is 0.112 e. The third kappa shape index (κ3) is 3.69. The lowest BCUT2D eigenvalue weighted by Crippen LogP contribution is -2.03. The van der Waals surface area contributed by atoms with E-state index in [0.717, 1.165) is 36.3 Å². The van der Waals surface area contributed by atoms with Gasteiger partial charge in [-0.2, -0.15) is 0 Å². The molecule has 3 rings (SSSR count). The minimum absolute atomic E-state index is 0.864. The van der Waals surface area contributed by atoms with E-state index < -0.39 is 0 Å². The molecule has 0 bridgehead atoms. The van der Waals surface area contributed by atoms with Crippen molar-refractivity contribution in [3.05, 3.63) is 66.4 Å². The normalized spacial score (nSPS) is 10.5. The number of rotatable bonds is 6. The molecule has 0 aliphatic rings. The fourth-order valence-corrected chi connectivity index (χ4v) is 2.30. The molecule has 0 fully saturated rings. The van der Waals surface area contributed by atoms with Crippen molar-refractivity contribution in [2.24, 2.45) is 0 Å². The van der Waals surface area contributed by atoms with Crippen LogP contribution in [-0.2, 0) is 6.42 Å². The van der Waals surface area contributed by atoms with E-state index in [-0.39, 0.29) is 0 Å². The Morgan fingerprint density at radius 1 is 1.00 bits per heavy atom. The molecule has 0 spiro atoms. The second-order valence-electron chi connectivity index (χ2n) is 4.96. The van der Waals surface area contributed by atoms with Crippen LogP contribution < -0.4 is 5.32 Å². The van der Waals surface area contributed by atoms with Crippen LogP contribution >= 0.6 is 0 Å². The number of aromatic nitrogens is 3. The van der Waals surface area contributed by atoms with Gasteiger partial charge in [-0.25, -0.2) is 0 Å². The summed E-state index contributed by atoms with van der Waals surface area (Å²) < 4.78 is 0. The summed E-state index contributed by atoms with van der Waals surface area (Å²) in [5, 5.41) is 14.0. The van der Waals surface area contributed by atoms with Gasteiger partial charge in [-0.05, 0) is 30.5 Å². The maximum Gasteiger partial charge on any atom is 0.112 e. The molecule has 1 heterocycles. The summed E-state index contributed by atoms with van der Waals surface area (Å²) in [5.41, 5.74) is 4.43. The third-order valence-electron chi connectivity index (χ3n) is 3.39. The summed E-state index contributed by atoms with van der Waals surface area (Å²) in [6.07, 6.45) is 4.00. The Labute approximate surface area is 124 Å². The predicted molar refractivity (Wildman–Crippen MR) is 85.1 cm³/mol. The molecule has 4 heteroatoms. The quantitative estimate of drug-likeness (QED) is 0.678. The fourth-order valence-electron chi connectivity index (χ4n) is 2.30. The average molecular weight is 278 g/mol. The molecular formula is C17H18N4. The van der Waals surface area contributed by atoms with Crippen molar-refractivity contribution in [2.75, 3.05) is 11.9 Å². The molecule has 0 amide bonds. The van der Waals surface area contributed by atoms with Crippen molar-refractivity contribution in [2.45, 2.75) is 12.8 Å². The minimum Gasteiger partial charge on any atom is -0.385 e. The molecule has 0 unspecified atom stereocenters. The van der Waals surface area contributed by atoms with E-state index in [2.05, 4.69) is 63.2 Å². The van der Waals surface area contributed by atoms with Crippen LogP contribution in [0.15, 0.2) is 60.8 Å². The number of H-pyrrole nitrogens is 1. The molecule has 4 nitrogen and oxygen atoms in total. The number of benzene rings is 2. The van der Waals surface area contributed by atoms with E-state index in [9.17, 15) is 0 Å². The van der Waals surface area contributed by atoms with Gasteiger partial charge in [-0.3, -0.25) is 5.10 Å². The molecule has 1 aromatic heterocycles. The maximum atomic E-state index is 4.03. The second-order valence-corrected chi connectivity index (χ2v) is 4.96. The Kier molecular flexibility index (Phi) is 4.27.